The molecule has 1 aromatic rings. The number of rotatable bonds is 8. The standard InChI is InChI=1S/C20H29F2N3O2/c1-14(2)18(24-19(26)17-15(21)8-6-9-16(17)22)20(27)23-10-7-13-25-11-4-3-5-12-25/h6,8-9,14,18H,3-5,7,10-13H2,1-2H3,(H,23,27)(H,24,26). The van der Waals surface area contributed by atoms with Crippen LogP contribution in [0.5, 0.6) is 0 Å². The van der Waals surface area contributed by atoms with E-state index in [9.17, 15) is 18.4 Å². The quantitative estimate of drug-likeness (QED) is 0.681. The first kappa shape index (κ1) is 21.3. The van der Waals surface area contributed by atoms with Crippen LogP contribution in [0.15, 0.2) is 18.2 Å². The van der Waals surface area contributed by atoms with Gasteiger partial charge in [-0.1, -0.05) is 26.3 Å². The van der Waals surface area contributed by atoms with Crippen molar-refractivity contribution < 1.29 is 18.4 Å². The van der Waals surface area contributed by atoms with Crippen molar-refractivity contribution in [2.75, 3.05) is 26.2 Å². The van der Waals surface area contributed by atoms with Crippen LogP contribution in [0, 0.1) is 17.6 Å². The Morgan fingerprint density at radius 2 is 1.74 bits per heavy atom. The number of hydrogen-bond donors (Lipinski definition) is 2. The highest BCUT2D eigenvalue weighted by Gasteiger charge is 2.27. The zero-order valence-corrected chi connectivity index (χ0v) is 16.1. The summed E-state index contributed by atoms with van der Waals surface area (Å²) < 4.78 is 27.5. The zero-order valence-electron chi connectivity index (χ0n) is 16.1. The largest absolute Gasteiger partial charge is 0.354 e. The lowest BCUT2D eigenvalue weighted by Crippen LogP contribution is -2.50. The molecule has 27 heavy (non-hydrogen) atoms. The molecule has 1 unspecified atom stereocenters. The summed E-state index contributed by atoms with van der Waals surface area (Å²) in [6.45, 7) is 7.19. The monoisotopic (exact) mass is 381 g/mol. The lowest BCUT2D eigenvalue weighted by molar-refractivity contribution is -0.123. The number of hydrogen-bond acceptors (Lipinski definition) is 3. The van der Waals surface area contributed by atoms with Crippen LogP contribution in [0.3, 0.4) is 0 Å². The molecule has 1 aromatic carbocycles. The minimum atomic E-state index is -0.947. The first-order valence-corrected chi connectivity index (χ1v) is 9.65. The van der Waals surface area contributed by atoms with Gasteiger partial charge in [-0.05, 0) is 56.9 Å². The third kappa shape index (κ3) is 6.27. The van der Waals surface area contributed by atoms with Gasteiger partial charge in [-0.15, -0.1) is 0 Å². The second-order valence-electron chi connectivity index (χ2n) is 7.34. The van der Waals surface area contributed by atoms with Crippen LogP contribution in [-0.2, 0) is 4.79 Å². The first-order chi connectivity index (χ1) is 12.9. The molecule has 1 fully saturated rings. The highest BCUT2D eigenvalue weighted by Crippen LogP contribution is 2.13. The number of halogens is 2. The molecule has 0 bridgehead atoms. The Kier molecular flexibility index (Phi) is 8.16. The topological polar surface area (TPSA) is 61.4 Å². The molecule has 1 saturated heterocycles. The molecular weight excluding hydrogens is 352 g/mol. The van der Waals surface area contributed by atoms with Crippen LogP contribution in [0.4, 0.5) is 8.78 Å². The van der Waals surface area contributed by atoms with E-state index in [1.807, 2.05) is 0 Å². The highest BCUT2D eigenvalue weighted by atomic mass is 19.1. The summed E-state index contributed by atoms with van der Waals surface area (Å²) in [6.07, 6.45) is 4.55. The first-order valence-electron chi connectivity index (χ1n) is 9.65. The van der Waals surface area contributed by atoms with Gasteiger partial charge in [0.1, 0.15) is 23.2 Å². The van der Waals surface area contributed by atoms with E-state index in [0.717, 1.165) is 38.2 Å². The van der Waals surface area contributed by atoms with Gasteiger partial charge in [-0.25, -0.2) is 8.78 Å². The SMILES string of the molecule is CC(C)C(NC(=O)c1c(F)cccc1F)C(=O)NCCCN1CCCCC1. The second kappa shape index (κ2) is 10.3. The molecule has 0 aromatic heterocycles. The lowest BCUT2D eigenvalue weighted by atomic mass is 10.0. The molecule has 0 saturated carbocycles. The summed E-state index contributed by atoms with van der Waals surface area (Å²) in [7, 11) is 0. The zero-order chi connectivity index (χ0) is 19.8. The summed E-state index contributed by atoms with van der Waals surface area (Å²) in [6, 6.07) is 2.37. The number of benzene rings is 1. The minimum Gasteiger partial charge on any atom is -0.354 e. The van der Waals surface area contributed by atoms with Crippen LogP contribution < -0.4 is 10.6 Å². The predicted octanol–water partition coefficient (Wildman–Crippen LogP) is 2.71. The number of piperidine rings is 1. The van der Waals surface area contributed by atoms with Gasteiger partial charge in [0.05, 0.1) is 0 Å². The number of likely N-dealkylation sites (tertiary alicyclic amines) is 1. The molecule has 150 valence electrons. The maximum absolute atomic E-state index is 13.8. The van der Waals surface area contributed by atoms with E-state index in [1.54, 1.807) is 13.8 Å². The number of amides is 2. The average molecular weight is 381 g/mol. The summed E-state index contributed by atoms with van der Waals surface area (Å²) >= 11 is 0. The summed E-state index contributed by atoms with van der Waals surface area (Å²) in [5, 5.41) is 5.28. The maximum Gasteiger partial charge on any atom is 0.257 e. The fourth-order valence-corrected chi connectivity index (χ4v) is 3.27. The van der Waals surface area contributed by atoms with Gasteiger partial charge in [0, 0.05) is 6.54 Å². The average Bonchev–Trinajstić information content (AvgIpc) is 2.63. The summed E-state index contributed by atoms with van der Waals surface area (Å²) in [4.78, 5) is 27.1. The molecule has 7 heteroatoms. The molecule has 1 aliphatic heterocycles. The van der Waals surface area contributed by atoms with E-state index in [2.05, 4.69) is 15.5 Å². The predicted molar refractivity (Wildman–Crippen MR) is 100 cm³/mol. The lowest BCUT2D eigenvalue weighted by Gasteiger charge is -2.26. The molecule has 2 rings (SSSR count). The molecule has 0 radical (unpaired) electrons. The molecule has 1 atom stereocenters. The fraction of sp³-hybridized carbons (Fsp3) is 0.600. The highest BCUT2D eigenvalue weighted by molar-refractivity contribution is 5.98. The Balaban J connectivity index is 1.86. The Morgan fingerprint density at radius 1 is 1.11 bits per heavy atom. The van der Waals surface area contributed by atoms with Crippen LogP contribution in [0.2, 0.25) is 0 Å². The van der Waals surface area contributed by atoms with Gasteiger partial charge in [-0.3, -0.25) is 9.59 Å². The second-order valence-corrected chi connectivity index (χ2v) is 7.34. The Hall–Kier alpha value is -2.02. The van der Waals surface area contributed by atoms with Gasteiger partial charge in [0.15, 0.2) is 0 Å². The number of nitrogens with zero attached hydrogens (tertiary/aromatic N) is 1. The molecular formula is C20H29F2N3O2. The Bertz CT molecular complexity index is 626. The van der Waals surface area contributed by atoms with E-state index in [-0.39, 0.29) is 11.8 Å². The summed E-state index contributed by atoms with van der Waals surface area (Å²) in [5.41, 5.74) is -0.666. The fourth-order valence-electron chi connectivity index (χ4n) is 3.27. The van der Waals surface area contributed by atoms with E-state index in [0.29, 0.717) is 6.54 Å². The summed E-state index contributed by atoms with van der Waals surface area (Å²) in [5.74, 6) is -3.37. The molecule has 2 amide bonds. The number of nitrogens with one attached hydrogen (secondary N) is 2. The van der Waals surface area contributed by atoms with Gasteiger partial charge < -0.3 is 15.5 Å². The van der Waals surface area contributed by atoms with Crippen molar-refractivity contribution >= 4 is 11.8 Å². The Labute approximate surface area is 159 Å². The van der Waals surface area contributed by atoms with E-state index >= 15 is 0 Å². The van der Waals surface area contributed by atoms with E-state index in [4.69, 9.17) is 0 Å². The molecule has 5 nitrogen and oxygen atoms in total. The molecule has 1 aliphatic rings. The van der Waals surface area contributed by atoms with Crippen molar-refractivity contribution in [3.05, 3.63) is 35.4 Å². The van der Waals surface area contributed by atoms with Gasteiger partial charge in [-0.2, -0.15) is 0 Å². The van der Waals surface area contributed by atoms with Crippen LogP contribution in [-0.4, -0.2) is 48.9 Å². The van der Waals surface area contributed by atoms with Crippen LogP contribution in [0.1, 0.15) is 49.9 Å². The number of carbonyl (C=O) groups is 2. The molecule has 0 spiro atoms. The van der Waals surface area contributed by atoms with Crippen molar-refractivity contribution in [2.45, 2.75) is 45.6 Å². The Morgan fingerprint density at radius 3 is 2.33 bits per heavy atom. The third-order valence-electron chi connectivity index (χ3n) is 4.82. The van der Waals surface area contributed by atoms with Gasteiger partial charge in [0.2, 0.25) is 5.91 Å². The van der Waals surface area contributed by atoms with Crippen molar-refractivity contribution in [3.8, 4) is 0 Å². The smallest absolute Gasteiger partial charge is 0.257 e. The number of carbonyl (C=O) groups excluding carboxylic acids is 2. The van der Waals surface area contributed by atoms with Crippen molar-refractivity contribution in [1.29, 1.82) is 0 Å². The van der Waals surface area contributed by atoms with Gasteiger partial charge in [0.25, 0.3) is 5.91 Å². The van der Waals surface area contributed by atoms with Crippen molar-refractivity contribution in [3.63, 3.8) is 0 Å². The maximum atomic E-state index is 13.8. The van der Waals surface area contributed by atoms with E-state index in [1.165, 1.54) is 25.3 Å². The van der Waals surface area contributed by atoms with Crippen molar-refractivity contribution in [2.24, 2.45) is 5.92 Å². The van der Waals surface area contributed by atoms with Crippen molar-refractivity contribution in [1.82, 2.24) is 15.5 Å². The van der Waals surface area contributed by atoms with Crippen LogP contribution >= 0.6 is 0 Å². The molecule has 0 aliphatic carbocycles. The van der Waals surface area contributed by atoms with Crippen LogP contribution in [0.25, 0.3) is 0 Å². The minimum absolute atomic E-state index is 0.217. The molecule has 1 heterocycles. The van der Waals surface area contributed by atoms with E-state index < -0.39 is 29.1 Å². The van der Waals surface area contributed by atoms with Gasteiger partial charge >= 0.3 is 0 Å². The third-order valence-corrected chi connectivity index (χ3v) is 4.82. The molecule has 2 N–H and O–H groups in total. The normalized spacial score (nSPS) is 16.2.